The van der Waals surface area contributed by atoms with Gasteiger partial charge in [0.15, 0.2) is 5.92 Å². The van der Waals surface area contributed by atoms with Crippen molar-refractivity contribution < 1.29 is 27.5 Å². The lowest BCUT2D eigenvalue weighted by Gasteiger charge is -2.40. The van der Waals surface area contributed by atoms with E-state index in [4.69, 9.17) is 4.74 Å². The molecule has 0 spiro atoms. The summed E-state index contributed by atoms with van der Waals surface area (Å²) in [4.78, 5) is 38.5. The summed E-state index contributed by atoms with van der Waals surface area (Å²) in [5.74, 6) is -2.49. The van der Waals surface area contributed by atoms with Crippen LogP contribution in [0, 0.1) is 5.92 Å². The minimum absolute atomic E-state index is 0.0119. The van der Waals surface area contributed by atoms with Crippen LogP contribution < -0.4 is 15.8 Å². The van der Waals surface area contributed by atoms with E-state index >= 15 is 0 Å². The molecule has 3 atom stereocenters. The first-order valence-corrected chi connectivity index (χ1v) is 11.6. The molecular weight excluding hydrogens is 455 g/mol. The second-order valence-corrected chi connectivity index (χ2v) is 8.73. The van der Waals surface area contributed by atoms with Crippen LogP contribution in [0.15, 0.2) is 18.5 Å². The molecule has 3 fully saturated rings. The van der Waals surface area contributed by atoms with Crippen molar-refractivity contribution in [3.63, 3.8) is 0 Å². The molecule has 2 N–H and O–H groups in total. The van der Waals surface area contributed by atoms with E-state index in [0.717, 1.165) is 6.42 Å². The monoisotopic (exact) mass is 485 g/mol. The number of halogens is 3. The number of rotatable bonds is 7. The number of hydrazine groups is 1. The summed E-state index contributed by atoms with van der Waals surface area (Å²) in [6.45, 7) is 3.38. The summed E-state index contributed by atoms with van der Waals surface area (Å²) in [6.07, 6.45) is 0.406. The van der Waals surface area contributed by atoms with Gasteiger partial charge in [-0.05, 0) is 25.5 Å². The number of carbonyl (C=O) groups is 2. The molecule has 0 saturated carbocycles. The molecule has 1 aromatic rings. The highest BCUT2D eigenvalue weighted by Crippen LogP contribution is 2.35. The third kappa shape index (κ3) is 5.76. The predicted octanol–water partition coefficient (Wildman–Crippen LogP) is 0.178. The topological polar surface area (TPSA) is 103 Å². The fourth-order valence-corrected chi connectivity index (χ4v) is 4.91. The molecule has 3 saturated heterocycles. The number of hydrogen-bond acceptors (Lipinski definition) is 8. The second-order valence-electron chi connectivity index (χ2n) is 8.73. The van der Waals surface area contributed by atoms with Gasteiger partial charge in [0.1, 0.15) is 0 Å². The maximum atomic E-state index is 13.5. The lowest BCUT2D eigenvalue weighted by molar-refractivity contribution is -0.201. The Morgan fingerprint density at radius 1 is 1.15 bits per heavy atom. The lowest BCUT2D eigenvalue weighted by Crippen LogP contribution is -2.65. The van der Waals surface area contributed by atoms with Crippen LogP contribution >= 0.6 is 0 Å². The summed E-state index contributed by atoms with van der Waals surface area (Å²) in [5.41, 5.74) is 4.67. The number of alkyl halides is 3. The highest BCUT2D eigenvalue weighted by atomic mass is 19.4. The Morgan fingerprint density at radius 2 is 1.88 bits per heavy atom. The van der Waals surface area contributed by atoms with Crippen LogP contribution in [-0.4, -0.2) is 102 Å². The maximum absolute atomic E-state index is 13.5. The average molecular weight is 486 g/mol. The molecule has 10 nitrogen and oxygen atoms in total. The van der Waals surface area contributed by atoms with E-state index < -0.39 is 24.0 Å². The molecule has 188 valence electrons. The molecule has 2 unspecified atom stereocenters. The number of aromatic nitrogens is 2. The summed E-state index contributed by atoms with van der Waals surface area (Å²) < 4.78 is 46.3. The first-order valence-electron chi connectivity index (χ1n) is 11.6. The molecule has 4 rings (SSSR count). The fraction of sp³-hybridized carbons (Fsp3) is 0.714. The number of nitrogens with zero attached hydrogens (tertiary/aromatic N) is 5. The van der Waals surface area contributed by atoms with Gasteiger partial charge in [0.05, 0.1) is 19.6 Å². The molecule has 0 aliphatic carbocycles. The van der Waals surface area contributed by atoms with Crippen LogP contribution in [-0.2, 0) is 14.3 Å². The van der Waals surface area contributed by atoms with Gasteiger partial charge in [0.2, 0.25) is 17.8 Å². The van der Waals surface area contributed by atoms with Crippen molar-refractivity contribution in [2.75, 3.05) is 57.4 Å². The van der Waals surface area contributed by atoms with Crippen LogP contribution in [0.5, 0.6) is 0 Å². The van der Waals surface area contributed by atoms with Gasteiger partial charge < -0.3 is 14.5 Å². The number of nitrogens with one attached hydrogen (secondary N) is 2. The van der Waals surface area contributed by atoms with Crippen molar-refractivity contribution in [2.24, 2.45) is 5.92 Å². The molecule has 34 heavy (non-hydrogen) atoms. The third-order valence-corrected chi connectivity index (χ3v) is 6.63. The largest absolute Gasteiger partial charge is 0.402 e. The van der Waals surface area contributed by atoms with Crippen molar-refractivity contribution in [2.45, 2.75) is 37.5 Å². The van der Waals surface area contributed by atoms with Crippen molar-refractivity contribution in [1.82, 2.24) is 30.6 Å². The van der Waals surface area contributed by atoms with Crippen molar-refractivity contribution in [3.8, 4) is 0 Å². The zero-order valence-corrected chi connectivity index (χ0v) is 18.8. The van der Waals surface area contributed by atoms with Gasteiger partial charge in [-0.2, -0.15) is 13.2 Å². The number of ether oxygens (including phenoxy) is 1. The van der Waals surface area contributed by atoms with Crippen molar-refractivity contribution >= 4 is 17.8 Å². The Labute approximate surface area is 195 Å². The van der Waals surface area contributed by atoms with E-state index in [1.807, 2.05) is 4.90 Å². The molecule has 13 heteroatoms. The second kappa shape index (κ2) is 10.8. The molecule has 3 aliphatic heterocycles. The van der Waals surface area contributed by atoms with E-state index in [1.54, 1.807) is 28.3 Å². The van der Waals surface area contributed by atoms with Crippen LogP contribution in [0.4, 0.5) is 19.1 Å². The molecule has 2 amide bonds. The number of hydrogen-bond donors (Lipinski definition) is 2. The fourth-order valence-electron chi connectivity index (χ4n) is 4.91. The number of likely N-dealkylation sites (tertiary alicyclic amines) is 1. The Hall–Kier alpha value is -2.51. The summed E-state index contributed by atoms with van der Waals surface area (Å²) in [7, 11) is 0. The van der Waals surface area contributed by atoms with Gasteiger partial charge in [-0.1, -0.05) is 0 Å². The third-order valence-electron chi connectivity index (χ3n) is 6.63. The molecule has 0 aromatic carbocycles. The predicted molar refractivity (Wildman–Crippen MR) is 115 cm³/mol. The maximum Gasteiger partial charge on any atom is 0.402 e. The summed E-state index contributed by atoms with van der Waals surface area (Å²) in [5, 5.41) is 0. The van der Waals surface area contributed by atoms with E-state index in [1.165, 1.54) is 0 Å². The Kier molecular flexibility index (Phi) is 7.84. The Balaban J connectivity index is 1.21. The van der Waals surface area contributed by atoms with Crippen LogP contribution in [0.25, 0.3) is 0 Å². The van der Waals surface area contributed by atoms with Gasteiger partial charge in [-0.3, -0.25) is 19.9 Å². The van der Waals surface area contributed by atoms with Gasteiger partial charge in [0.25, 0.3) is 0 Å². The van der Waals surface area contributed by atoms with Gasteiger partial charge in [0, 0.05) is 57.2 Å². The highest BCUT2D eigenvalue weighted by Gasteiger charge is 2.54. The van der Waals surface area contributed by atoms with Crippen molar-refractivity contribution in [3.05, 3.63) is 18.5 Å². The van der Waals surface area contributed by atoms with Gasteiger partial charge in [-0.15, -0.1) is 0 Å². The van der Waals surface area contributed by atoms with Crippen LogP contribution in [0.2, 0.25) is 0 Å². The van der Waals surface area contributed by atoms with E-state index in [9.17, 15) is 22.8 Å². The van der Waals surface area contributed by atoms with E-state index in [-0.39, 0.29) is 38.1 Å². The van der Waals surface area contributed by atoms with Gasteiger partial charge >= 0.3 is 6.18 Å². The normalized spacial score (nSPS) is 26.6. The smallest absolute Gasteiger partial charge is 0.379 e. The Morgan fingerprint density at radius 3 is 2.59 bits per heavy atom. The minimum atomic E-state index is -4.62. The number of carbonyl (C=O) groups excluding carboxylic acids is 2. The summed E-state index contributed by atoms with van der Waals surface area (Å²) in [6, 6.07) is 0.564. The first-order chi connectivity index (χ1) is 16.3. The van der Waals surface area contributed by atoms with Crippen molar-refractivity contribution in [1.29, 1.82) is 0 Å². The number of anilines is 1. The van der Waals surface area contributed by atoms with E-state index in [2.05, 4.69) is 20.8 Å². The Bertz CT molecular complexity index is 837. The molecule has 1 aromatic heterocycles. The summed E-state index contributed by atoms with van der Waals surface area (Å²) >= 11 is 0. The molecule has 0 bridgehead atoms. The van der Waals surface area contributed by atoms with Crippen LogP contribution in [0.1, 0.15) is 19.3 Å². The standard InChI is InChI=1S/C21H30F3N7O3/c22-21(23,24)18-16(13-27-28-19(18)33)31-7-1-3-15(31)14-34-12-4-17(32)29-8-10-30(11-9-29)20-25-5-2-6-26-20/h2,5-6,15-16,18,27H,1,3-4,7-14H2,(H,28,33)/t15-,16?,18?/m0/s1. The zero-order chi connectivity index (χ0) is 24.1. The van der Waals surface area contributed by atoms with Crippen LogP contribution in [0.3, 0.4) is 0 Å². The molecule has 4 heterocycles. The van der Waals surface area contributed by atoms with Gasteiger partial charge in [-0.25, -0.2) is 15.4 Å². The minimum Gasteiger partial charge on any atom is -0.379 e. The molecule has 3 aliphatic rings. The first kappa shape index (κ1) is 24.6. The highest BCUT2D eigenvalue weighted by molar-refractivity contribution is 5.80. The SMILES string of the molecule is O=C1NNCC(N2CCC[C@H]2COCCC(=O)N2CCN(c3ncccn3)CC2)C1C(F)(F)F. The lowest BCUT2D eigenvalue weighted by atomic mass is 9.94. The molecular formula is C21H30F3N7O3. The zero-order valence-electron chi connectivity index (χ0n) is 18.8. The quantitative estimate of drug-likeness (QED) is 0.528. The van der Waals surface area contributed by atoms with E-state index in [0.29, 0.717) is 45.1 Å². The molecule has 0 radical (unpaired) electrons. The number of amides is 2. The number of piperazine rings is 1. The average Bonchev–Trinajstić information content (AvgIpc) is 3.30.